The summed E-state index contributed by atoms with van der Waals surface area (Å²) in [6, 6.07) is 18.9. The second kappa shape index (κ2) is 7.27. The van der Waals surface area contributed by atoms with E-state index < -0.39 is 5.82 Å². The van der Waals surface area contributed by atoms with Crippen LogP contribution in [0.3, 0.4) is 0 Å². The Morgan fingerprint density at radius 2 is 1.82 bits per heavy atom. The van der Waals surface area contributed by atoms with Gasteiger partial charge < -0.3 is 9.73 Å². The van der Waals surface area contributed by atoms with Gasteiger partial charge in [0.25, 0.3) is 5.91 Å². The van der Waals surface area contributed by atoms with Crippen LogP contribution in [-0.2, 0) is 0 Å². The molecule has 0 atom stereocenters. The fraction of sp³-hybridized carbons (Fsp3) is 0.130. The van der Waals surface area contributed by atoms with E-state index in [4.69, 9.17) is 4.42 Å². The van der Waals surface area contributed by atoms with Gasteiger partial charge in [-0.25, -0.2) is 9.37 Å². The summed E-state index contributed by atoms with van der Waals surface area (Å²) in [6.07, 6.45) is 0. The van der Waals surface area contributed by atoms with Crippen LogP contribution in [0.4, 0.5) is 10.1 Å². The van der Waals surface area contributed by atoms with E-state index in [1.165, 1.54) is 23.8 Å². The number of aromatic nitrogens is 1. The molecule has 4 rings (SSSR count). The molecule has 0 saturated carbocycles. The number of hydrogen-bond acceptors (Lipinski definition) is 3. The molecule has 5 heteroatoms. The van der Waals surface area contributed by atoms with Crippen LogP contribution in [0.2, 0.25) is 0 Å². The van der Waals surface area contributed by atoms with Crippen molar-refractivity contribution < 1.29 is 13.6 Å². The standard InChI is InChI=1S/C23H19FN2O2/c1-14(2)15-6-8-16(9-7-15)23-26-20-13-19(10-11-21(20)28-23)25-22(27)17-4-3-5-18(24)12-17/h3-14H,1-2H3,(H,25,27). The van der Waals surface area contributed by atoms with Gasteiger partial charge in [0, 0.05) is 16.8 Å². The van der Waals surface area contributed by atoms with Gasteiger partial charge in [0.05, 0.1) is 0 Å². The lowest BCUT2D eigenvalue weighted by atomic mass is 10.0. The van der Waals surface area contributed by atoms with E-state index in [9.17, 15) is 9.18 Å². The predicted octanol–water partition coefficient (Wildman–Crippen LogP) is 6.01. The molecule has 0 bridgehead atoms. The van der Waals surface area contributed by atoms with E-state index in [1.54, 1.807) is 24.3 Å². The zero-order valence-corrected chi connectivity index (χ0v) is 15.6. The lowest BCUT2D eigenvalue weighted by molar-refractivity contribution is 0.102. The minimum atomic E-state index is -0.451. The molecule has 0 saturated heterocycles. The number of oxazole rings is 1. The second-order valence-electron chi connectivity index (χ2n) is 6.94. The highest BCUT2D eigenvalue weighted by Crippen LogP contribution is 2.27. The summed E-state index contributed by atoms with van der Waals surface area (Å²) in [5, 5.41) is 2.76. The summed E-state index contributed by atoms with van der Waals surface area (Å²) in [6.45, 7) is 4.29. The number of carbonyl (C=O) groups excluding carboxylic acids is 1. The van der Waals surface area contributed by atoms with Gasteiger partial charge in [0.15, 0.2) is 5.58 Å². The molecule has 1 amide bonds. The van der Waals surface area contributed by atoms with Crippen molar-refractivity contribution in [3.63, 3.8) is 0 Å². The molecule has 4 aromatic rings. The first-order chi connectivity index (χ1) is 13.5. The summed E-state index contributed by atoms with van der Waals surface area (Å²) in [5.74, 6) is 0.153. The number of rotatable bonds is 4. The third-order valence-corrected chi connectivity index (χ3v) is 4.56. The fourth-order valence-corrected chi connectivity index (χ4v) is 2.97. The number of amides is 1. The van der Waals surface area contributed by atoms with Gasteiger partial charge in [0.1, 0.15) is 11.3 Å². The molecular weight excluding hydrogens is 355 g/mol. The SMILES string of the molecule is CC(C)c1ccc(-c2nc3cc(NC(=O)c4cccc(F)c4)ccc3o2)cc1. The van der Waals surface area contributed by atoms with Crippen molar-refractivity contribution in [1.82, 2.24) is 4.98 Å². The van der Waals surface area contributed by atoms with Gasteiger partial charge in [-0.2, -0.15) is 0 Å². The summed E-state index contributed by atoms with van der Waals surface area (Å²) in [4.78, 5) is 16.8. The Balaban J connectivity index is 1.58. The van der Waals surface area contributed by atoms with Crippen LogP contribution in [0.5, 0.6) is 0 Å². The van der Waals surface area contributed by atoms with Crippen molar-refractivity contribution in [3.05, 3.63) is 83.7 Å². The first-order valence-corrected chi connectivity index (χ1v) is 9.07. The van der Waals surface area contributed by atoms with Crippen LogP contribution in [0, 0.1) is 5.82 Å². The molecule has 1 heterocycles. The zero-order valence-electron chi connectivity index (χ0n) is 15.6. The molecule has 0 aliphatic carbocycles. The molecule has 4 nitrogen and oxygen atoms in total. The van der Waals surface area contributed by atoms with E-state index in [-0.39, 0.29) is 11.5 Å². The Hall–Kier alpha value is -3.47. The smallest absolute Gasteiger partial charge is 0.255 e. The lowest BCUT2D eigenvalue weighted by Crippen LogP contribution is -2.11. The Morgan fingerprint density at radius 1 is 1.04 bits per heavy atom. The van der Waals surface area contributed by atoms with Crippen LogP contribution in [0.1, 0.15) is 35.7 Å². The minimum absolute atomic E-state index is 0.256. The van der Waals surface area contributed by atoms with Gasteiger partial charge in [-0.1, -0.05) is 32.0 Å². The molecule has 1 N–H and O–H groups in total. The maximum absolute atomic E-state index is 13.3. The van der Waals surface area contributed by atoms with E-state index >= 15 is 0 Å². The van der Waals surface area contributed by atoms with Crippen molar-refractivity contribution >= 4 is 22.7 Å². The quantitative estimate of drug-likeness (QED) is 0.476. The molecule has 0 spiro atoms. The van der Waals surface area contributed by atoms with Crippen LogP contribution < -0.4 is 5.32 Å². The maximum atomic E-state index is 13.3. The lowest BCUT2D eigenvalue weighted by Gasteiger charge is -2.04. The molecule has 0 aliphatic rings. The van der Waals surface area contributed by atoms with Gasteiger partial charge in [0.2, 0.25) is 5.89 Å². The molecule has 3 aromatic carbocycles. The molecule has 0 aliphatic heterocycles. The number of fused-ring (bicyclic) bond motifs is 1. The van der Waals surface area contributed by atoms with Crippen molar-refractivity contribution in [2.75, 3.05) is 5.32 Å². The normalized spacial score (nSPS) is 11.1. The van der Waals surface area contributed by atoms with E-state index in [1.807, 2.05) is 12.1 Å². The molecule has 0 unspecified atom stereocenters. The molecule has 1 aromatic heterocycles. The maximum Gasteiger partial charge on any atom is 0.255 e. The van der Waals surface area contributed by atoms with Crippen molar-refractivity contribution in [3.8, 4) is 11.5 Å². The Labute approximate surface area is 162 Å². The number of halogens is 1. The van der Waals surface area contributed by atoms with Gasteiger partial charge in [-0.15, -0.1) is 0 Å². The van der Waals surface area contributed by atoms with E-state index in [0.29, 0.717) is 28.6 Å². The molecule has 140 valence electrons. The van der Waals surface area contributed by atoms with Crippen molar-refractivity contribution in [1.29, 1.82) is 0 Å². The zero-order chi connectivity index (χ0) is 19.7. The van der Waals surface area contributed by atoms with Crippen LogP contribution in [-0.4, -0.2) is 10.9 Å². The predicted molar refractivity (Wildman–Crippen MR) is 108 cm³/mol. The summed E-state index contributed by atoms with van der Waals surface area (Å²) in [5.41, 5.74) is 4.24. The Kier molecular flexibility index (Phi) is 4.65. The first kappa shape index (κ1) is 17.9. The number of nitrogens with one attached hydrogen (secondary N) is 1. The second-order valence-corrected chi connectivity index (χ2v) is 6.94. The topological polar surface area (TPSA) is 55.1 Å². The van der Waals surface area contributed by atoms with Gasteiger partial charge in [-0.3, -0.25) is 4.79 Å². The molecule has 0 fully saturated rings. The van der Waals surface area contributed by atoms with Gasteiger partial charge >= 0.3 is 0 Å². The van der Waals surface area contributed by atoms with Crippen LogP contribution >= 0.6 is 0 Å². The van der Waals surface area contributed by atoms with Crippen LogP contribution in [0.15, 0.2) is 71.1 Å². The highest BCUT2D eigenvalue weighted by atomic mass is 19.1. The first-order valence-electron chi connectivity index (χ1n) is 9.07. The van der Waals surface area contributed by atoms with Gasteiger partial charge in [-0.05, 0) is 60.0 Å². The Morgan fingerprint density at radius 3 is 2.54 bits per heavy atom. The number of carbonyl (C=O) groups is 1. The summed E-state index contributed by atoms with van der Waals surface area (Å²) < 4.78 is 19.1. The average molecular weight is 374 g/mol. The third-order valence-electron chi connectivity index (χ3n) is 4.56. The van der Waals surface area contributed by atoms with Crippen molar-refractivity contribution in [2.45, 2.75) is 19.8 Å². The minimum Gasteiger partial charge on any atom is -0.436 e. The summed E-state index contributed by atoms with van der Waals surface area (Å²) in [7, 11) is 0. The number of benzene rings is 3. The molecule has 28 heavy (non-hydrogen) atoms. The molecular formula is C23H19FN2O2. The number of nitrogens with zero attached hydrogens (tertiary/aromatic N) is 1. The van der Waals surface area contributed by atoms with E-state index in [0.717, 1.165) is 5.56 Å². The Bertz CT molecular complexity index is 1150. The monoisotopic (exact) mass is 374 g/mol. The number of hydrogen-bond donors (Lipinski definition) is 1. The fourth-order valence-electron chi connectivity index (χ4n) is 2.97. The summed E-state index contributed by atoms with van der Waals surface area (Å²) >= 11 is 0. The molecule has 0 radical (unpaired) electrons. The van der Waals surface area contributed by atoms with Crippen LogP contribution in [0.25, 0.3) is 22.6 Å². The van der Waals surface area contributed by atoms with E-state index in [2.05, 4.69) is 36.3 Å². The average Bonchev–Trinajstić information content (AvgIpc) is 3.11. The highest BCUT2D eigenvalue weighted by Gasteiger charge is 2.12. The largest absolute Gasteiger partial charge is 0.436 e. The number of anilines is 1. The highest BCUT2D eigenvalue weighted by molar-refractivity contribution is 6.04. The third kappa shape index (κ3) is 3.64. The van der Waals surface area contributed by atoms with Crippen molar-refractivity contribution in [2.24, 2.45) is 0 Å².